The van der Waals surface area contributed by atoms with Gasteiger partial charge in [0.1, 0.15) is 5.75 Å². The lowest BCUT2D eigenvalue weighted by Crippen LogP contribution is -1.98. The fraction of sp³-hybridized carbons (Fsp3) is 0.0417. The van der Waals surface area contributed by atoms with Crippen molar-refractivity contribution < 1.29 is 5.11 Å². The second-order valence-corrected chi connectivity index (χ2v) is 8.54. The van der Waals surface area contributed by atoms with Crippen LogP contribution in [0, 0.1) is 0 Å². The Balaban J connectivity index is 1.78. The molecule has 0 aliphatic rings. The Morgan fingerprint density at radius 3 is 2.39 bits per heavy atom. The maximum absolute atomic E-state index is 10.3. The largest absolute Gasteiger partial charge is 0.506 e. The summed E-state index contributed by atoms with van der Waals surface area (Å²) in [5.41, 5.74) is 4.14. The SMILES string of the molecule is C/C(=N/n1cc(-c2ccccc2)nc1N=Cc1cc(Br)cc(Br)c1O)c1ccccc1. The van der Waals surface area contributed by atoms with E-state index >= 15 is 0 Å². The summed E-state index contributed by atoms with van der Waals surface area (Å²) in [6.45, 7) is 1.95. The second kappa shape index (κ2) is 9.41. The fourth-order valence-electron chi connectivity index (χ4n) is 2.98. The third-order valence-electron chi connectivity index (χ3n) is 4.57. The summed E-state index contributed by atoms with van der Waals surface area (Å²) in [5.74, 6) is 0.516. The van der Waals surface area contributed by atoms with Gasteiger partial charge in [-0.3, -0.25) is 0 Å². The molecule has 0 aliphatic heterocycles. The minimum atomic E-state index is 0.109. The number of aromatic hydroxyl groups is 1. The zero-order chi connectivity index (χ0) is 21.8. The molecule has 3 aromatic carbocycles. The molecule has 5 nitrogen and oxygen atoms in total. The number of aliphatic imine (C=N–C) groups is 1. The molecule has 154 valence electrons. The van der Waals surface area contributed by atoms with Crippen molar-refractivity contribution in [1.29, 1.82) is 0 Å². The average molecular weight is 538 g/mol. The highest BCUT2D eigenvalue weighted by Crippen LogP contribution is 2.31. The van der Waals surface area contributed by atoms with Crippen LogP contribution in [0.25, 0.3) is 11.3 Å². The summed E-state index contributed by atoms with van der Waals surface area (Å²) >= 11 is 6.78. The first-order valence-corrected chi connectivity index (χ1v) is 11.1. The van der Waals surface area contributed by atoms with Crippen molar-refractivity contribution in [2.45, 2.75) is 6.92 Å². The van der Waals surface area contributed by atoms with Crippen LogP contribution in [0.15, 0.2) is 98.0 Å². The summed E-state index contributed by atoms with van der Waals surface area (Å²) in [6.07, 6.45) is 3.43. The normalized spacial score (nSPS) is 11.9. The second-order valence-electron chi connectivity index (χ2n) is 6.77. The minimum Gasteiger partial charge on any atom is -0.506 e. The third kappa shape index (κ3) is 5.00. The summed E-state index contributed by atoms with van der Waals surface area (Å²) < 4.78 is 3.06. The highest BCUT2D eigenvalue weighted by Gasteiger charge is 2.11. The Labute approximate surface area is 197 Å². The van der Waals surface area contributed by atoms with Gasteiger partial charge in [-0.15, -0.1) is 0 Å². The molecule has 0 aliphatic carbocycles. The fourth-order valence-corrected chi connectivity index (χ4v) is 4.24. The first kappa shape index (κ1) is 21.2. The number of aromatic nitrogens is 2. The molecule has 4 rings (SSSR count). The van der Waals surface area contributed by atoms with Crippen LogP contribution >= 0.6 is 31.9 Å². The maximum Gasteiger partial charge on any atom is 0.251 e. The molecular formula is C24H18Br2N4O. The van der Waals surface area contributed by atoms with E-state index < -0.39 is 0 Å². The van der Waals surface area contributed by atoms with Crippen LogP contribution in [0.5, 0.6) is 5.75 Å². The zero-order valence-corrected chi connectivity index (χ0v) is 19.7. The Morgan fingerprint density at radius 2 is 1.68 bits per heavy atom. The van der Waals surface area contributed by atoms with Crippen LogP contribution in [0.2, 0.25) is 0 Å². The van der Waals surface area contributed by atoms with Crippen molar-refractivity contribution in [1.82, 2.24) is 9.66 Å². The van der Waals surface area contributed by atoms with Crippen molar-refractivity contribution in [3.63, 3.8) is 0 Å². The lowest BCUT2D eigenvalue weighted by atomic mass is 10.1. The number of halogens is 2. The van der Waals surface area contributed by atoms with Crippen LogP contribution < -0.4 is 0 Å². The molecule has 1 N–H and O–H groups in total. The molecule has 0 bridgehead atoms. The van der Waals surface area contributed by atoms with Crippen molar-refractivity contribution in [2.75, 3.05) is 0 Å². The maximum atomic E-state index is 10.3. The van der Waals surface area contributed by atoms with Crippen LogP contribution in [0.4, 0.5) is 5.95 Å². The van der Waals surface area contributed by atoms with Gasteiger partial charge in [-0.05, 0) is 40.5 Å². The number of hydrogen-bond acceptors (Lipinski definition) is 4. The summed E-state index contributed by atoms with van der Waals surface area (Å²) in [4.78, 5) is 9.20. The van der Waals surface area contributed by atoms with Crippen molar-refractivity contribution in [3.05, 3.63) is 99.1 Å². The minimum absolute atomic E-state index is 0.109. The molecule has 0 radical (unpaired) electrons. The molecule has 0 atom stereocenters. The predicted octanol–water partition coefficient (Wildman–Crippen LogP) is 6.80. The van der Waals surface area contributed by atoms with E-state index in [1.807, 2.05) is 73.8 Å². The molecule has 1 heterocycles. The summed E-state index contributed by atoms with van der Waals surface area (Å²) in [7, 11) is 0. The molecule has 0 saturated heterocycles. The Morgan fingerprint density at radius 1 is 1.00 bits per heavy atom. The summed E-state index contributed by atoms with van der Waals surface area (Å²) in [6, 6.07) is 23.4. The number of phenolic OH excluding ortho intramolecular Hbond substituents is 1. The number of benzene rings is 3. The number of imidazole rings is 1. The Kier molecular flexibility index (Phi) is 6.44. The van der Waals surface area contributed by atoms with E-state index in [0.717, 1.165) is 27.0 Å². The van der Waals surface area contributed by atoms with E-state index in [0.29, 0.717) is 16.0 Å². The predicted molar refractivity (Wildman–Crippen MR) is 132 cm³/mol. The average Bonchev–Trinajstić information content (AvgIpc) is 3.19. The van der Waals surface area contributed by atoms with Gasteiger partial charge in [-0.1, -0.05) is 76.6 Å². The lowest BCUT2D eigenvalue weighted by Gasteiger charge is -2.04. The molecule has 4 aromatic rings. The molecule has 1 aromatic heterocycles. The van der Waals surface area contributed by atoms with E-state index in [4.69, 9.17) is 5.10 Å². The third-order valence-corrected chi connectivity index (χ3v) is 5.63. The topological polar surface area (TPSA) is 62.8 Å². The Hall–Kier alpha value is -3.03. The van der Waals surface area contributed by atoms with Gasteiger partial charge in [0, 0.05) is 21.8 Å². The lowest BCUT2D eigenvalue weighted by molar-refractivity contribution is 0.471. The number of phenols is 1. The molecule has 0 spiro atoms. The van der Waals surface area contributed by atoms with E-state index in [1.165, 1.54) is 0 Å². The van der Waals surface area contributed by atoms with E-state index in [9.17, 15) is 5.11 Å². The molecular weight excluding hydrogens is 520 g/mol. The highest BCUT2D eigenvalue weighted by molar-refractivity contribution is 9.11. The smallest absolute Gasteiger partial charge is 0.251 e. The van der Waals surface area contributed by atoms with E-state index in [2.05, 4.69) is 41.8 Å². The van der Waals surface area contributed by atoms with E-state index in [1.54, 1.807) is 23.0 Å². The van der Waals surface area contributed by atoms with Crippen molar-refractivity contribution >= 4 is 49.7 Å². The number of hydrogen-bond donors (Lipinski definition) is 1. The van der Waals surface area contributed by atoms with Gasteiger partial charge in [0.05, 0.1) is 22.1 Å². The number of nitrogens with zero attached hydrogens (tertiary/aromatic N) is 4. The standard InChI is InChI=1S/C24H18Br2N4O/c1-16(17-8-4-2-5-9-17)29-30-15-22(18-10-6-3-7-11-18)28-24(30)27-14-19-12-20(25)13-21(26)23(19)31/h2-15,31H,1H3/b27-14?,29-16-. The van der Waals surface area contributed by atoms with Crippen molar-refractivity contribution in [3.8, 4) is 17.0 Å². The monoisotopic (exact) mass is 536 g/mol. The van der Waals surface area contributed by atoms with Crippen LogP contribution in [-0.4, -0.2) is 26.7 Å². The first-order valence-electron chi connectivity index (χ1n) is 9.49. The first-order chi connectivity index (χ1) is 15.0. The molecule has 7 heteroatoms. The van der Waals surface area contributed by atoms with Crippen LogP contribution in [0.1, 0.15) is 18.1 Å². The van der Waals surface area contributed by atoms with Gasteiger partial charge in [-0.25, -0.2) is 14.7 Å². The van der Waals surface area contributed by atoms with Gasteiger partial charge in [-0.2, -0.15) is 5.10 Å². The van der Waals surface area contributed by atoms with Crippen LogP contribution in [-0.2, 0) is 0 Å². The molecule has 0 unspecified atom stereocenters. The molecule has 0 amide bonds. The molecule has 0 fully saturated rings. The zero-order valence-electron chi connectivity index (χ0n) is 16.6. The summed E-state index contributed by atoms with van der Waals surface area (Å²) in [5, 5.41) is 15.1. The molecule has 31 heavy (non-hydrogen) atoms. The van der Waals surface area contributed by atoms with Gasteiger partial charge >= 0.3 is 0 Å². The Bertz CT molecular complexity index is 1270. The van der Waals surface area contributed by atoms with Gasteiger partial charge in [0.15, 0.2) is 0 Å². The highest BCUT2D eigenvalue weighted by atomic mass is 79.9. The quantitative estimate of drug-likeness (QED) is 0.284. The van der Waals surface area contributed by atoms with E-state index in [-0.39, 0.29) is 5.75 Å². The van der Waals surface area contributed by atoms with Crippen LogP contribution in [0.3, 0.4) is 0 Å². The van der Waals surface area contributed by atoms with Gasteiger partial charge in [0.2, 0.25) is 0 Å². The van der Waals surface area contributed by atoms with Gasteiger partial charge in [0.25, 0.3) is 5.95 Å². The van der Waals surface area contributed by atoms with Gasteiger partial charge < -0.3 is 5.11 Å². The number of rotatable bonds is 5. The molecule has 0 saturated carbocycles. The van der Waals surface area contributed by atoms with Crippen molar-refractivity contribution in [2.24, 2.45) is 10.1 Å².